The van der Waals surface area contributed by atoms with Gasteiger partial charge in [-0.2, -0.15) is 0 Å². The van der Waals surface area contributed by atoms with Gasteiger partial charge >= 0.3 is 0 Å². The van der Waals surface area contributed by atoms with Crippen molar-refractivity contribution >= 4 is 28.9 Å². The number of nitrogens with zero attached hydrogens (tertiary/aromatic N) is 2. The molecule has 0 spiro atoms. The van der Waals surface area contributed by atoms with E-state index in [1.54, 1.807) is 6.20 Å². The molecule has 2 unspecified atom stereocenters. The first-order valence-corrected chi connectivity index (χ1v) is 10.3. The zero-order valence-electron chi connectivity index (χ0n) is 17.0. The van der Waals surface area contributed by atoms with Gasteiger partial charge in [-0.3, -0.25) is 9.78 Å². The van der Waals surface area contributed by atoms with Gasteiger partial charge in [-0.1, -0.05) is 18.2 Å². The van der Waals surface area contributed by atoms with E-state index in [9.17, 15) is 4.79 Å². The Bertz CT molecular complexity index is 1050. The van der Waals surface area contributed by atoms with E-state index in [2.05, 4.69) is 15.6 Å². The van der Waals surface area contributed by atoms with Crippen LogP contribution in [0.4, 0.5) is 5.69 Å². The van der Waals surface area contributed by atoms with Crippen molar-refractivity contribution in [2.45, 2.75) is 32.4 Å². The molecule has 1 amide bonds. The maximum absolute atomic E-state index is 12.5. The quantitative estimate of drug-likeness (QED) is 0.580. The Morgan fingerprint density at radius 2 is 2.07 bits per heavy atom. The van der Waals surface area contributed by atoms with E-state index < -0.39 is 0 Å². The second-order valence-electron chi connectivity index (χ2n) is 7.44. The van der Waals surface area contributed by atoms with Crippen molar-refractivity contribution in [2.24, 2.45) is 0 Å². The highest BCUT2D eigenvalue weighted by Crippen LogP contribution is 2.39. The molecule has 7 heteroatoms. The summed E-state index contributed by atoms with van der Waals surface area (Å²) < 4.78 is 5.94. The Labute approximate surface area is 181 Å². The molecule has 1 aliphatic rings. The summed E-state index contributed by atoms with van der Waals surface area (Å²) in [6.07, 6.45) is 2.07. The summed E-state index contributed by atoms with van der Waals surface area (Å²) in [4.78, 5) is 19.1. The molecule has 0 aliphatic carbocycles. The molecule has 0 radical (unpaired) electrons. The lowest BCUT2D eigenvalue weighted by molar-refractivity contribution is -0.116. The molecule has 1 aromatic carbocycles. The van der Waals surface area contributed by atoms with Crippen molar-refractivity contribution < 1.29 is 9.21 Å². The SMILES string of the molecule is Cc1cccc(NC(=O)CCN2C(=S)NC(c3ccccn3)C2c2ccc(C)o2)c1. The van der Waals surface area contributed by atoms with Gasteiger partial charge in [0.1, 0.15) is 17.6 Å². The van der Waals surface area contributed by atoms with Crippen LogP contribution in [0.5, 0.6) is 0 Å². The molecule has 6 nitrogen and oxygen atoms in total. The lowest BCUT2D eigenvalue weighted by atomic mass is 10.0. The van der Waals surface area contributed by atoms with Gasteiger partial charge in [0.2, 0.25) is 5.91 Å². The minimum atomic E-state index is -0.173. The fourth-order valence-corrected chi connectivity index (χ4v) is 4.07. The first kappa shape index (κ1) is 20.1. The second-order valence-corrected chi connectivity index (χ2v) is 7.82. The van der Waals surface area contributed by atoms with Gasteiger partial charge < -0.3 is 20.0 Å². The number of aryl methyl sites for hydroxylation is 2. The monoisotopic (exact) mass is 420 g/mol. The molecule has 154 valence electrons. The third-order valence-corrected chi connectivity index (χ3v) is 5.48. The molecular weight excluding hydrogens is 396 g/mol. The second kappa shape index (κ2) is 8.67. The predicted octanol–water partition coefficient (Wildman–Crippen LogP) is 4.29. The zero-order chi connectivity index (χ0) is 21.1. The van der Waals surface area contributed by atoms with Crippen LogP contribution in [0, 0.1) is 13.8 Å². The fraction of sp³-hybridized carbons (Fsp3) is 0.261. The number of furan rings is 1. The molecule has 1 aliphatic heterocycles. The molecule has 3 aromatic rings. The molecule has 1 fully saturated rings. The average molecular weight is 421 g/mol. The number of carbonyl (C=O) groups is 1. The summed E-state index contributed by atoms with van der Waals surface area (Å²) in [7, 11) is 0. The van der Waals surface area contributed by atoms with E-state index in [0.29, 0.717) is 18.1 Å². The number of carbonyl (C=O) groups excluding carboxylic acids is 1. The van der Waals surface area contributed by atoms with Crippen LogP contribution in [0.3, 0.4) is 0 Å². The molecule has 3 heterocycles. The Balaban J connectivity index is 1.51. The van der Waals surface area contributed by atoms with Crippen LogP contribution < -0.4 is 10.6 Å². The molecule has 0 bridgehead atoms. The number of aromatic nitrogens is 1. The van der Waals surface area contributed by atoms with E-state index in [1.807, 2.05) is 73.3 Å². The van der Waals surface area contributed by atoms with E-state index >= 15 is 0 Å². The van der Waals surface area contributed by atoms with Crippen LogP contribution in [0.1, 0.15) is 41.3 Å². The number of rotatable bonds is 6. The lowest BCUT2D eigenvalue weighted by Gasteiger charge is -2.25. The van der Waals surface area contributed by atoms with Crippen molar-refractivity contribution in [1.82, 2.24) is 15.2 Å². The molecule has 30 heavy (non-hydrogen) atoms. The van der Waals surface area contributed by atoms with E-state index in [1.165, 1.54) is 0 Å². The Kier molecular flexibility index (Phi) is 5.81. The van der Waals surface area contributed by atoms with Crippen molar-refractivity contribution in [3.8, 4) is 0 Å². The largest absolute Gasteiger partial charge is 0.464 e. The molecular formula is C23H24N4O2S. The van der Waals surface area contributed by atoms with Crippen molar-refractivity contribution in [3.05, 3.63) is 83.6 Å². The zero-order valence-corrected chi connectivity index (χ0v) is 17.8. The van der Waals surface area contributed by atoms with Gasteiger partial charge in [-0.25, -0.2) is 0 Å². The first-order chi connectivity index (χ1) is 14.5. The fourth-order valence-electron chi connectivity index (χ4n) is 3.74. The highest BCUT2D eigenvalue weighted by molar-refractivity contribution is 7.80. The van der Waals surface area contributed by atoms with Crippen LogP contribution >= 0.6 is 12.2 Å². The first-order valence-electron chi connectivity index (χ1n) is 9.92. The molecule has 4 rings (SSSR count). The van der Waals surface area contributed by atoms with Gasteiger partial charge in [0.05, 0.1) is 11.7 Å². The normalized spacial score (nSPS) is 18.3. The third kappa shape index (κ3) is 4.36. The van der Waals surface area contributed by atoms with Crippen LogP contribution in [-0.2, 0) is 4.79 Å². The van der Waals surface area contributed by atoms with Gasteiger partial charge in [-0.15, -0.1) is 0 Å². The number of hydrogen-bond acceptors (Lipinski definition) is 4. The molecule has 2 N–H and O–H groups in total. The Morgan fingerprint density at radius 3 is 2.77 bits per heavy atom. The summed E-state index contributed by atoms with van der Waals surface area (Å²) in [5.41, 5.74) is 2.78. The molecule has 2 aromatic heterocycles. The summed E-state index contributed by atoms with van der Waals surface area (Å²) in [6, 6.07) is 17.2. The maximum Gasteiger partial charge on any atom is 0.226 e. The van der Waals surface area contributed by atoms with Crippen LogP contribution in [-0.4, -0.2) is 27.4 Å². The number of thiocarbonyl (C=S) groups is 1. The number of anilines is 1. The minimum absolute atomic E-state index is 0.0564. The van der Waals surface area contributed by atoms with Crippen molar-refractivity contribution in [1.29, 1.82) is 0 Å². The maximum atomic E-state index is 12.5. The lowest BCUT2D eigenvalue weighted by Crippen LogP contribution is -2.32. The number of benzene rings is 1. The van der Waals surface area contributed by atoms with Gasteiger partial charge in [0.15, 0.2) is 5.11 Å². The van der Waals surface area contributed by atoms with E-state index in [4.69, 9.17) is 16.6 Å². The highest BCUT2D eigenvalue weighted by Gasteiger charge is 2.41. The van der Waals surface area contributed by atoms with Crippen LogP contribution in [0.25, 0.3) is 0 Å². The molecule has 2 atom stereocenters. The van der Waals surface area contributed by atoms with Crippen LogP contribution in [0.2, 0.25) is 0 Å². The third-order valence-electron chi connectivity index (χ3n) is 5.13. The van der Waals surface area contributed by atoms with Crippen molar-refractivity contribution in [3.63, 3.8) is 0 Å². The summed E-state index contributed by atoms with van der Waals surface area (Å²) in [5, 5.41) is 6.91. The van der Waals surface area contributed by atoms with Gasteiger partial charge in [0, 0.05) is 24.8 Å². The minimum Gasteiger partial charge on any atom is -0.464 e. The summed E-state index contributed by atoms with van der Waals surface area (Å²) in [6.45, 7) is 4.38. The Morgan fingerprint density at radius 1 is 1.20 bits per heavy atom. The smallest absolute Gasteiger partial charge is 0.226 e. The summed E-state index contributed by atoms with van der Waals surface area (Å²) >= 11 is 5.61. The number of pyridine rings is 1. The van der Waals surface area contributed by atoms with Gasteiger partial charge in [-0.05, 0) is 68.0 Å². The predicted molar refractivity (Wildman–Crippen MR) is 120 cm³/mol. The topological polar surface area (TPSA) is 70.4 Å². The van der Waals surface area contributed by atoms with Crippen molar-refractivity contribution in [2.75, 3.05) is 11.9 Å². The molecule has 0 saturated carbocycles. The average Bonchev–Trinajstić information content (AvgIpc) is 3.30. The standard InChI is InChI=1S/C23H24N4O2S/c1-15-6-5-7-17(14-15)25-20(28)11-13-27-22(19-10-9-16(2)29-19)21(26-23(27)30)18-8-3-4-12-24-18/h3-10,12,14,21-22H,11,13H2,1-2H3,(H,25,28)(H,26,30). The Hall–Kier alpha value is -3.19. The summed E-state index contributed by atoms with van der Waals surface area (Å²) in [5.74, 6) is 1.58. The van der Waals surface area contributed by atoms with Crippen LogP contribution in [0.15, 0.2) is 65.2 Å². The number of nitrogens with one attached hydrogen (secondary N) is 2. The highest BCUT2D eigenvalue weighted by atomic mass is 32.1. The number of hydrogen-bond donors (Lipinski definition) is 2. The molecule has 1 saturated heterocycles. The number of amides is 1. The van der Waals surface area contributed by atoms with E-state index in [-0.39, 0.29) is 18.0 Å². The van der Waals surface area contributed by atoms with Gasteiger partial charge in [0.25, 0.3) is 0 Å². The van der Waals surface area contributed by atoms with E-state index in [0.717, 1.165) is 28.5 Å².